The minimum atomic E-state index is -0.363. The Morgan fingerprint density at radius 1 is 1.29 bits per heavy atom. The van der Waals surface area contributed by atoms with E-state index in [2.05, 4.69) is 4.74 Å². The maximum Gasteiger partial charge on any atom is 0.338 e. The molecule has 0 unspecified atom stereocenters. The number of carbonyl (C=O) groups excluding carboxylic acids is 2. The van der Waals surface area contributed by atoms with Crippen LogP contribution in [0.4, 0.5) is 0 Å². The zero-order valence-electron chi connectivity index (χ0n) is 8.46. The number of carbonyl (C=O) groups is 2. The molecule has 74 valence electrons. The summed E-state index contributed by atoms with van der Waals surface area (Å²) in [7, 11) is 1.34. The summed E-state index contributed by atoms with van der Waals surface area (Å²) >= 11 is 0. The van der Waals surface area contributed by atoms with Gasteiger partial charge in [-0.25, -0.2) is 4.79 Å². The number of rotatable bonds is 2. The predicted molar refractivity (Wildman–Crippen MR) is 52.6 cm³/mol. The number of ether oxygens (including phenoxy) is 1. The first-order valence-corrected chi connectivity index (χ1v) is 4.25. The van der Waals surface area contributed by atoms with E-state index in [1.165, 1.54) is 7.11 Å². The molecule has 3 nitrogen and oxygen atoms in total. The van der Waals surface area contributed by atoms with Crippen LogP contribution in [0.1, 0.15) is 31.8 Å². The van der Waals surface area contributed by atoms with E-state index in [-0.39, 0.29) is 5.97 Å². The van der Waals surface area contributed by atoms with Gasteiger partial charge in [-0.1, -0.05) is 0 Å². The van der Waals surface area contributed by atoms with Crippen LogP contribution in [-0.4, -0.2) is 19.4 Å². The fourth-order valence-corrected chi connectivity index (χ4v) is 1.49. The molecule has 1 aromatic rings. The average molecular weight is 192 g/mol. The molecule has 0 fully saturated rings. The Kier molecular flexibility index (Phi) is 3.02. The number of methoxy groups -OCH3 is 1. The minimum Gasteiger partial charge on any atom is -0.465 e. The monoisotopic (exact) mass is 192 g/mol. The van der Waals surface area contributed by atoms with Gasteiger partial charge in [0.05, 0.1) is 12.7 Å². The van der Waals surface area contributed by atoms with Gasteiger partial charge >= 0.3 is 5.97 Å². The second-order valence-electron chi connectivity index (χ2n) is 3.14. The molecule has 14 heavy (non-hydrogen) atoms. The van der Waals surface area contributed by atoms with Crippen molar-refractivity contribution in [1.82, 2.24) is 0 Å². The number of hydrogen-bond donors (Lipinski definition) is 0. The Hall–Kier alpha value is -1.64. The fourth-order valence-electron chi connectivity index (χ4n) is 1.49. The molecule has 0 aliphatic carbocycles. The van der Waals surface area contributed by atoms with Crippen LogP contribution in [-0.2, 0) is 4.74 Å². The van der Waals surface area contributed by atoms with E-state index in [1.54, 1.807) is 26.0 Å². The molecule has 1 rings (SSSR count). The summed E-state index contributed by atoms with van der Waals surface area (Å²) in [5, 5.41) is 0. The molecule has 0 aromatic heterocycles. The van der Waals surface area contributed by atoms with Crippen LogP contribution in [0.25, 0.3) is 0 Å². The van der Waals surface area contributed by atoms with Gasteiger partial charge in [0.2, 0.25) is 0 Å². The van der Waals surface area contributed by atoms with Gasteiger partial charge < -0.3 is 4.74 Å². The zero-order chi connectivity index (χ0) is 10.7. The van der Waals surface area contributed by atoms with Gasteiger partial charge in [0.1, 0.15) is 6.29 Å². The first-order valence-electron chi connectivity index (χ1n) is 4.25. The summed E-state index contributed by atoms with van der Waals surface area (Å²) in [6.45, 7) is 3.57. The number of benzene rings is 1. The summed E-state index contributed by atoms with van der Waals surface area (Å²) in [5.74, 6) is -0.363. The van der Waals surface area contributed by atoms with Crippen molar-refractivity contribution in [3.63, 3.8) is 0 Å². The largest absolute Gasteiger partial charge is 0.465 e. The number of aldehydes is 1. The third-order valence-electron chi connectivity index (χ3n) is 2.08. The second-order valence-corrected chi connectivity index (χ2v) is 3.14. The van der Waals surface area contributed by atoms with Crippen molar-refractivity contribution in [2.75, 3.05) is 7.11 Å². The van der Waals surface area contributed by atoms with E-state index in [9.17, 15) is 9.59 Å². The van der Waals surface area contributed by atoms with E-state index in [4.69, 9.17) is 0 Å². The first kappa shape index (κ1) is 10.4. The number of aryl methyl sites for hydroxylation is 2. The second kappa shape index (κ2) is 4.05. The maximum atomic E-state index is 11.3. The molecule has 0 N–H and O–H groups in total. The Labute approximate surface area is 82.7 Å². The summed E-state index contributed by atoms with van der Waals surface area (Å²) in [6.07, 6.45) is 0.765. The lowest BCUT2D eigenvalue weighted by atomic mass is 10.00. The first-order chi connectivity index (χ1) is 6.60. The van der Waals surface area contributed by atoms with Crippen LogP contribution in [0.2, 0.25) is 0 Å². The summed E-state index contributed by atoms with van der Waals surface area (Å²) in [6, 6.07) is 3.35. The topological polar surface area (TPSA) is 43.4 Å². The van der Waals surface area contributed by atoms with Crippen molar-refractivity contribution in [3.8, 4) is 0 Å². The SMILES string of the molecule is COC(=O)c1c(C)cc(C=O)cc1C. The standard InChI is InChI=1S/C11H12O3/c1-7-4-9(6-12)5-8(2)10(7)11(13)14-3/h4-6H,1-3H3. The van der Waals surface area contributed by atoms with Crippen molar-refractivity contribution in [3.05, 3.63) is 34.4 Å². The van der Waals surface area contributed by atoms with Gasteiger partial charge in [0.15, 0.2) is 0 Å². The Morgan fingerprint density at radius 3 is 2.14 bits per heavy atom. The van der Waals surface area contributed by atoms with Gasteiger partial charge in [0, 0.05) is 5.56 Å². The quantitative estimate of drug-likeness (QED) is 0.531. The van der Waals surface area contributed by atoms with Crippen molar-refractivity contribution >= 4 is 12.3 Å². The molecule has 0 bridgehead atoms. The molecule has 3 heteroatoms. The molecule has 0 saturated heterocycles. The smallest absolute Gasteiger partial charge is 0.338 e. The summed E-state index contributed by atoms with van der Waals surface area (Å²) < 4.78 is 4.64. The van der Waals surface area contributed by atoms with Crippen LogP contribution in [0.5, 0.6) is 0 Å². The molecule has 0 radical (unpaired) electrons. The summed E-state index contributed by atoms with van der Waals surface area (Å²) in [5.41, 5.74) is 2.64. The molecule has 1 aromatic carbocycles. The fraction of sp³-hybridized carbons (Fsp3) is 0.273. The molecule has 0 spiro atoms. The molecule has 0 amide bonds. The zero-order valence-corrected chi connectivity index (χ0v) is 8.46. The van der Waals surface area contributed by atoms with Gasteiger partial charge in [-0.3, -0.25) is 4.79 Å². The van der Waals surface area contributed by atoms with Gasteiger partial charge in [-0.05, 0) is 37.1 Å². The number of hydrogen-bond acceptors (Lipinski definition) is 3. The van der Waals surface area contributed by atoms with Gasteiger partial charge in [-0.15, -0.1) is 0 Å². The van der Waals surface area contributed by atoms with Crippen LogP contribution >= 0.6 is 0 Å². The maximum absolute atomic E-state index is 11.3. The van der Waals surface area contributed by atoms with Gasteiger partial charge in [-0.2, -0.15) is 0 Å². The van der Waals surface area contributed by atoms with Crippen LogP contribution in [0.15, 0.2) is 12.1 Å². The normalized spacial score (nSPS) is 9.64. The molecular weight excluding hydrogens is 180 g/mol. The van der Waals surface area contributed by atoms with E-state index in [0.29, 0.717) is 11.1 Å². The molecule has 0 atom stereocenters. The molecule has 0 aliphatic rings. The van der Waals surface area contributed by atoms with Crippen LogP contribution in [0.3, 0.4) is 0 Å². The highest BCUT2D eigenvalue weighted by Crippen LogP contribution is 2.16. The van der Waals surface area contributed by atoms with E-state index in [1.807, 2.05) is 0 Å². The van der Waals surface area contributed by atoms with E-state index < -0.39 is 0 Å². The van der Waals surface area contributed by atoms with Gasteiger partial charge in [0.25, 0.3) is 0 Å². The third kappa shape index (κ3) is 1.82. The lowest BCUT2D eigenvalue weighted by Crippen LogP contribution is -2.07. The summed E-state index contributed by atoms with van der Waals surface area (Å²) in [4.78, 5) is 21.9. The number of esters is 1. The average Bonchev–Trinajstić information content (AvgIpc) is 2.16. The molecule has 0 aliphatic heterocycles. The lowest BCUT2D eigenvalue weighted by molar-refractivity contribution is 0.0599. The Bertz CT molecular complexity index is 357. The minimum absolute atomic E-state index is 0.363. The third-order valence-corrected chi connectivity index (χ3v) is 2.08. The van der Waals surface area contributed by atoms with Crippen LogP contribution < -0.4 is 0 Å². The highest BCUT2D eigenvalue weighted by molar-refractivity contribution is 5.93. The predicted octanol–water partition coefficient (Wildman–Crippen LogP) is 1.90. The highest BCUT2D eigenvalue weighted by atomic mass is 16.5. The van der Waals surface area contributed by atoms with Crippen LogP contribution in [0, 0.1) is 13.8 Å². The van der Waals surface area contributed by atoms with E-state index in [0.717, 1.165) is 17.4 Å². The molecular formula is C11H12O3. The lowest BCUT2D eigenvalue weighted by Gasteiger charge is -2.07. The molecule has 0 saturated carbocycles. The van der Waals surface area contributed by atoms with Crippen molar-refractivity contribution in [2.24, 2.45) is 0 Å². The Balaban J connectivity index is 3.31. The Morgan fingerprint density at radius 2 is 1.79 bits per heavy atom. The molecule has 0 heterocycles. The van der Waals surface area contributed by atoms with Crippen molar-refractivity contribution in [2.45, 2.75) is 13.8 Å². The van der Waals surface area contributed by atoms with E-state index >= 15 is 0 Å². The highest BCUT2D eigenvalue weighted by Gasteiger charge is 2.12. The van der Waals surface area contributed by atoms with Crippen molar-refractivity contribution in [1.29, 1.82) is 0 Å². The van der Waals surface area contributed by atoms with Crippen molar-refractivity contribution < 1.29 is 14.3 Å².